The van der Waals surface area contributed by atoms with E-state index in [1.807, 2.05) is 48.5 Å². The molecular formula is C27H56N2O11. The Morgan fingerprint density at radius 3 is 1.32 bits per heavy atom. The summed E-state index contributed by atoms with van der Waals surface area (Å²) in [6.07, 6.45) is -9.38. The molecule has 3 aliphatic heterocycles. The highest BCUT2D eigenvalue weighted by molar-refractivity contribution is 4.96. The van der Waals surface area contributed by atoms with Crippen LogP contribution in [0, 0.1) is 17.8 Å². The van der Waals surface area contributed by atoms with Crippen molar-refractivity contribution in [3.8, 4) is 0 Å². The molecule has 240 valence electrons. The summed E-state index contributed by atoms with van der Waals surface area (Å²) in [6.45, 7) is 14.7. The van der Waals surface area contributed by atoms with E-state index in [0.29, 0.717) is 0 Å². The van der Waals surface area contributed by atoms with Crippen molar-refractivity contribution in [2.45, 2.75) is 147 Å². The molecule has 15 atom stereocenters. The summed E-state index contributed by atoms with van der Waals surface area (Å²) in [4.78, 5) is 0. The molecule has 40 heavy (non-hydrogen) atoms. The Kier molecular flexibility index (Phi) is 15.3. The van der Waals surface area contributed by atoms with Crippen LogP contribution in [0.5, 0.6) is 0 Å². The molecule has 13 heteroatoms. The largest absolute Gasteiger partial charge is 0.394 e. The van der Waals surface area contributed by atoms with Gasteiger partial charge in [0.2, 0.25) is 0 Å². The Hall–Kier alpha value is -0.520. The van der Waals surface area contributed by atoms with E-state index in [4.69, 9.17) is 30.8 Å². The van der Waals surface area contributed by atoms with E-state index >= 15 is 0 Å². The Labute approximate surface area is 238 Å². The Morgan fingerprint density at radius 2 is 0.900 bits per heavy atom. The molecule has 13 nitrogen and oxygen atoms in total. The van der Waals surface area contributed by atoms with Crippen molar-refractivity contribution in [2.75, 3.05) is 6.61 Å². The number of ether oxygens (including phenoxy) is 3. The second-order valence-electron chi connectivity index (χ2n) is 12.3. The molecule has 3 saturated heterocycles. The number of hydrogen-bond donors (Lipinski definition) is 10. The molecule has 0 amide bonds. The van der Waals surface area contributed by atoms with Gasteiger partial charge in [-0.25, -0.2) is 0 Å². The quantitative estimate of drug-likeness (QED) is 0.164. The van der Waals surface area contributed by atoms with Crippen LogP contribution in [0.1, 0.15) is 55.4 Å². The Balaban J connectivity index is 0.000000300. The summed E-state index contributed by atoms with van der Waals surface area (Å²) in [6, 6.07) is -1.10. The molecule has 0 spiro atoms. The van der Waals surface area contributed by atoms with E-state index in [1.54, 1.807) is 6.92 Å². The van der Waals surface area contributed by atoms with Crippen LogP contribution in [0.3, 0.4) is 0 Å². The molecule has 0 aromatic carbocycles. The first-order chi connectivity index (χ1) is 18.4. The van der Waals surface area contributed by atoms with Gasteiger partial charge in [-0.2, -0.15) is 0 Å². The Morgan fingerprint density at radius 1 is 0.500 bits per heavy atom. The minimum absolute atomic E-state index is 0.125. The normalized spacial score (nSPS) is 46.0. The number of hydrogen-bond acceptors (Lipinski definition) is 13. The molecule has 0 radical (unpaired) electrons. The molecule has 0 aliphatic carbocycles. The predicted molar refractivity (Wildman–Crippen MR) is 147 cm³/mol. The van der Waals surface area contributed by atoms with Gasteiger partial charge >= 0.3 is 0 Å². The van der Waals surface area contributed by atoms with Gasteiger partial charge in [-0.05, 0) is 31.6 Å². The number of aliphatic hydroxyl groups is 8. The zero-order valence-corrected chi connectivity index (χ0v) is 25.1. The fraction of sp³-hybridized carbons (Fsp3) is 1.00. The lowest BCUT2D eigenvalue weighted by Crippen LogP contribution is -2.63. The van der Waals surface area contributed by atoms with Crippen molar-refractivity contribution in [1.82, 2.24) is 0 Å². The fourth-order valence-corrected chi connectivity index (χ4v) is 5.07. The van der Waals surface area contributed by atoms with Crippen molar-refractivity contribution >= 4 is 0 Å². The molecule has 3 aliphatic rings. The summed E-state index contributed by atoms with van der Waals surface area (Å²) in [5.41, 5.74) is 11.4. The molecule has 0 aromatic heterocycles. The molecule has 6 unspecified atom stereocenters. The van der Waals surface area contributed by atoms with Gasteiger partial charge in [0.25, 0.3) is 0 Å². The lowest BCUT2D eigenvalue weighted by atomic mass is 9.88. The van der Waals surface area contributed by atoms with E-state index in [-0.39, 0.29) is 42.7 Å². The van der Waals surface area contributed by atoms with E-state index in [0.717, 1.165) is 0 Å². The molecule has 3 rings (SSSR count). The Bertz CT molecular complexity index is 678. The van der Waals surface area contributed by atoms with Gasteiger partial charge in [0.1, 0.15) is 42.7 Å². The first kappa shape index (κ1) is 37.5. The maximum Gasteiger partial charge on any atom is 0.111 e. The van der Waals surface area contributed by atoms with E-state index < -0.39 is 73.1 Å². The molecule has 0 bridgehead atoms. The van der Waals surface area contributed by atoms with Gasteiger partial charge in [0, 0.05) is 0 Å². The van der Waals surface area contributed by atoms with Gasteiger partial charge in [0.15, 0.2) is 0 Å². The third-order valence-electron chi connectivity index (χ3n) is 7.87. The fourth-order valence-electron chi connectivity index (χ4n) is 5.07. The lowest BCUT2D eigenvalue weighted by Gasteiger charge is -2.42. The standard InChI is InChI=1S/C9H19NO4.C9H19NO3.C9H18O4/c1-4(2)9-6(10)8(13)7(12)5(3-11)14-9;2*1-4(2)9-8(12)7(11)6(10)5(3)13-9/h4-9,11-13H,3,10H2,1-2H3;4-9,11-12H,10H2,1-3H3;4-12H,1-3H3/t5?,6?,7-,8-,9+;2*5?,6-,7+,8?,9+/m111/s1. The highest BCUT2D eigenvalue weighted by atomic mass is 16.5. The van der Waals surface area contributed by atoms with Gasteiger partial charge < -0.3 is 66.5 Å². The summed E-state index contributed by atoms with van der Waals surface area (Å²) >= 11 is 0. The molecule has 12 N–H and O–H groups in total. The van der Waals surface area contributed by atoms with Crippen LogP contribution in [0.4, 0.5) is 0 Å². The van der Waals surface area contributed by atoms with Crippen molar-refractivity contribution < 1.29 is 55.1 Å². The summed E-state index contributed by atoms with van der Waals surface area (Å²) < 4.78 is 16.3. The van der Waals surface area contributed by atoms with Crippen LogP contribution in [-0.4, -0.2) is 139 Å². The minimum atomic E-state index is -1.11. The summed E-state index contributed by atoms with van der Waals surface area (Å²) in [7, 11) is 0. The molecular weight excluding hydrogens is 528 g/mol. The summed E-state index contributed by atoms with van der Waals surface area (Å²) in [5.74, 6) is 0.445. The zero-order chi connectivity index (χ0) is 31.2. The van der Waals surface area contributed by atoms with Gasteiger partial charge in [0.05, 0.1) is 55.3 Å². The van der Waals surface area contributed by atoms with E-state index in [1.165, 1.54) is 0 Å². The third kappa shape index (κ3) is 9.24. The summed E-state index contributed by atoms with van der Waals surface area (Å²) in [5, 5.41) is 75.6. The highest BCUT2D eigenvalue weighted by Gasteiger charge is 2.44. The third-order valence-corrected chi connectivity index (χ3v) is 7.87. The SMILES string of the molecule is CC(C)[C@@H]1OC(C)[C@@H](N)[C@H](O)C1O.CC(C)[C@@H]1OC(C)[C@@H](O)[C@H](O)C1O.CC(C)[C@@H]1OC(CO)[C@@H](O)[C@H](O)C1N. The van der Waals surface area contributed by atoms with Crippen molar-refractivity contribution in [3.63, 3.8) is 0 Å². The second kappa shape index (κ2) is 16.4. The first-order valence-corrected chi connectivity index (χ1v) is 14.2. The van der Waals surface area contributed by atoms with Crippen molar-refractivity contribution in [1.29, 1.82) is 0 Å². The number of nitrogens with two attached hydrogens (primary N) is 2. The maximum absolute atomic E-state index is 9.64. The monoisotopic (exact) mass is 584 g/mol. The van der Waals surface area contributed by atoms with E-state index in [2.05, 4.69) is 0 Å². The van der Waals surface area contributed by atoms with Crippen LogP contribution in [0.25, 0.3) is 0 Å². The first-order valence-electron chi connectivity index (χ1n) is 14.2. The number of aliphatic hydroxyl groups excluding tert-OH is 8. The topological polar surface area (TPSA) is 242 Å². The molecule has 0 aromatic rings. The predicted octanol–water partition coefficient (Wildman–Crippen LogP) is -2.56. The number of rotatable bonds is 4. The lowest BCUT2D eigenvalue weighted by molar-refractivity contribution is -0.226. The smallest absolute Gasteiger partial charge is 0.111 e. The van der Waals surface area contributed by atoms with E-state index in [9.17, 15) is 35.7 Å². The molecule has 3 heterocycles. The average Bonchev–Trinajstić information content (AvgIpc) is 2.89. The van der Waals surface area contributed by atoms with Crippen LogP contribution in [-0.2, 0) is 14.2 Å². The van der Waals surface area contributed by atoms with Crippen molar-refractivity contribution in [2.24, 2.45) is 29.2 Å². The maximum atomic E-state index is 9.64. The molecule has 0 saturated carbocycles. The zero-order valence-electron chi connectivity index (χ0n) is 25.1. The second-order valence-corrected chi connectivity index (χ2v) is 12.3. The average molecular weight is 585 g/mol. The minimum Gasteiger partial charge on any atom is -0.394 e. The van der Waals surface area contributed by atoms with Gasteiger partial charge in [-0.1, -0.05) is 41.5 Å². The van der Waals surface area contributed by atoms with Gasteiger partial charge in [-0.15, -0.1) is 0 Å². The van der Waals surface area contributed by atoms with Crippen molar-refractivity contribution in [3.05, 3.63) is 0 Å². The van der Waals surface area contributed by atoms with Crippen LogP contribution in [0.2, 0.25) is 0 Å². The van der Waals surface area contributed by atoms with Crippen LogP contribution < -0.4 is 11.5 Å². The van der Waals surface area contributed by atoms with Gasteiger partial charge in [-0.3, -0.25) is 0 Å². The highest BCUT2D eigenvalue weighted by Crippen LogP contribution is 2.26. The van der Waals surface area contributed by atoms with Crippen LogP contribution in [0.15, 0.2) is 0 Å². The molecule has 3 fully saturated rings. The van der Waals surface area contributed by atoms with Crippen LogP contribution >= 0.6 is 0 Å².